The molecule has 0 saturated carbocycles. The summed E-state index contributed by atoms with van der Waals surface area (Å²) in [4.78, 5) is 14.7. The third-order valence-electron chi connectivity index (χ3n) is 3.02. The average molecular weight is 255 g/mol. The first-order valence-corrected chi connectivity index (χ1v) is 6.54. The van der Waals surface area contributed by atoms with Gasteiger partial charge in [0.1, 0.15) is 4.88 Å². The first-order chi connectivity index (χ1) is 8.19. The number of hydrogen-bond acceptors (Lipinski definition) is 4. The number of methoxy groups -OCH3 is 1. The van der Waals surface area contributed by atoms with Gasteiger partial charge in [0, 0.05) is 25.1 Å². The first-order valence-electron chi connectivity index (χ1n) is 5.72. The van der Waals surface area contributed by atoms with E-state index in [2.05, 4.69) is 4.90 Å². The first kappa shape index (κ1) is 12.5. The van der Waals surface area contributed by atoms with Crippen LogP contribution in [-0.2, 0) is 11.3 Å². The fourth-order valence-electron chi connectivity index (χ4n) is 2.23. The molecule has 5 heteroatoms. The highest BCUT2D eigenvalue weighted by Crippen LogP contribution is 2.23. The van der Waals surface area contributed by atoms with Gasteiger partial charge in [0.2, 0.25) is 0 Å². The van der Waals surface area contributed by atoms with E-state index >= 15 is 0 Å². The molecule has 1 atom stereocenters. The quantitative estimate of drug-likeness (QED) is 0.873. The number of thiophene rings is 1. The number of rotatable bonds is 5. The lowest BCUT2D eigenvalue weighted by Crippen LogP contribution is -2.20. The van der Waals surface area contributed by atoms with Crippen LogP contribution in [0.5, 0.6) is 0 Å². The minimum Gasteiger partial charge on any atom is -0.477 e. The van der Waals surface area contributed by atoms with Crippen molar-refractivity contribution in [1.82, 2.24) is 4.90 Å². The Hall–Kier alpha value is -0.910. The molecule has 0 aromatic carbocycles. The van der Waals surface area contributed by atoms with E-state index in [1.807, 2.05) is 6.07 Å². The second-order valence-electron chi connectivity index (χ2n) is 4.42. The number of nitrogens with zero attached hydrogens (tertiary/aromatic N) is 1. The molecule has 0 spiro atoms. The van der Waals surface area contributed by atoms with Gasteiger partial charge in [0.15, 0.2) is 0 Å². The van der Waals surface area contributed by atoms with Crippen LogP contribution in [0.15, 0.2) is 12.1 Å². The van der Waals surface area contributed by atoms with Crippen LogP contribution in [-0.4, -0.2) is 42.8 Å². The van der Waals surface area contributed by atoms with Crippen LogP contribution >= 0.6 is 11.3 Å². The van der Waals surface area contributed by atoms with Crippen LogP contribution < -0.4 is 0 Å². The van der Waals surface area contributed by atoms with Crippen LogP contribution in [0.3, 0.4) is 0 Å². The fourth-order valence-corrected chi connectivity index (χ4v) is 3.12. The molecule has 1 aromatic heterocycles. The largest absolute Gasteiger partial charge is 0.477 e. The summed E-state index contributed by atoms with van der Waals surface area (Å²) in [6.07, 6.45) is 1.17. The van der Waals surface area contributed by atoms with Gasteiger partial charge in [-0.05, 0) is 31.0 Å². The molecule has 0 aliphatic carbocycles. The lowest BCUT2D eigenvalue weighted by Gasteiger charge is -2.14. The van der Waals surface area contributed by atoms with Crippen LogP contribution in [0, 0.1) is 5.92 Å². The number of carboxylic acid groups (broad SMARTS) is 1. The van der Waals surface area contributed by atoms with Crippen molar-refractivity contribution in [2.75, 3.05) is 26.8 Å². The molecule has 0 radical (unpaired) electrons. The van der Waals surface area contributed by atoms with E-state index in [1.54, 1.807) is 13.2 Å². The average Bonchev–Trinajstić information content (AvgIpc) is 2.89. The van der Waals surface area contributed by atoms with Crippen molar-refractivity contribution in [2.45, 2.75) is 13.0 Å². The summed E-state index contributed by atoms with van der Waals surface area (Å²) >= 11 is 1.37. The van der Waals surface area contributed by atoms with Gasteiger partial charge in [-0.3, -0.25) is 4.90 Å². The van der Waals surface area contributed by atoms with E-state index in [4.69, 9.17) is 9.84 Å². The molecule has 1 fully saturated rings. The second-order valence-corrected chi connectivity index (χ2v) is 5.58. The molecule has 0 amide bonds. The minimum absolute atomic E-state index is 0.424. The monoisotopic (exact) mass is 255 g/mol. The Bertz CT molecular complexity index is 391. The molecule has 1 unspecified atom stereocenters. The Morgan fingerprint density at radius 1 is 1.65 bits per heavy atom. The number of carboxylic acids is 1. The maximum atomic E-state index is 10.8. The number of likely N-dealkylation sites (tertiary alicyclic amines) is 1. The van der Waals surface area contributed by atoms with Gasteiger partial charge in [-0.15, -0.1) is 11.3 Å². The Morgan fingerprint density at radius 3 is 3.12 bits per heavy atom. The molecule has 17 heavy (non-hydrogen) atoms. The summed E-state index contributed by atoms with van der Waals surface area (Å²) in [6.45, 7) is 3.81. The molecule has 4 nitrogen and oxygen atoms in total. The topological polar surface area (TPSA) is 49.8 Å². The van der Waals surface area contributed by atoms with Crippen molar-refractivity contribution in [3.8, 4) is 0 Å². The Balaban J connectivity index is 1.87. The third kappa shape index (κ3) is 3.28. The van der Waals surface area contributed by atoms with E-state index in [9.17, 15) is 4.79 Å². The predicted octanol–water partition coefficient (Wildman–Crippen LogP) is 1.91. The lowest BCUT2D eigenvalue weighted by molar-refractivity contribution is 0.0702. The van der Waals surface area contributed by atoms with Crippen molar-refractivity contribution in [2.24, 2.45) is 5.92 Å². The van der Waals surface area contributed by atoms with E-state index in [1.165, 1.54) is 17.8 Å². The van der Waals surface area contributed by atoms with E-state index in [-0.39, 0.29) is 0 Å². The summed E-state index contributed by atoms with van der Waals surface area (Å²) in [7, 11) is 1.74. The molecular weight excluding hydrogens is 238 g/mol. The lowest BCUT2D eigenvalue weighted by atomic mass is 10.1. The second kappa shape index (κ2) is 5.62. The highest BCUT2D eigenvalue weighted by atomic mass is 32.1. The van der Waals surface area contributed by atoms with E-state index < -0.39 is 5.97 Å². The SMILES string of the molecule is COCC1CCN(Cc2ccc(C(=O)O)s2)C1. The molecule has 1 aliphatic heterocycles. The minimum atomic E-state index is -0.833. The predicted molar refractivity (Wildman–Crippen MR) is 66.5 cm³/mol. The van der Waals surface area contributed by atoms with E-state index in [0.717, 1.165) is 31.1 Å². The zero-order chi connectivity index (χ0) is 12.3. The van der Waals surface area contributed by atoms with Crippen molar-refractivity contribution < 1.29 is 14.6 Å². The molecular formula is C12H17NO3S. The van der Waals surface area contributed by atoms with Crippen LogP contribution in [0.1, 0.15) is 21.0 Å². The Labute approximate surface area is 105 Å². The molecule has 2 heterocycles. The van der Waals surface area contributed by atoms with Gasteiger partial charge in [0.25, 0.3) is 0 Å². The van der Waals surface area contributed by atoms with Crippen LogP contribution in [0.25, 0.3) is 0 Å². The molecule has 94 valence electrons. The van der Waals surface area contributed by atoms with Gasteiger partial charge in [-0.2, -0.15) is 0 Å². The molecule has 1 N–H and O–H groups in total. The van der Waals surface area contributed by atoms with E-state index in [0.29, 0.717) is 10.8 Å². The molecule has 0 bridgehead atoms. The van der Waals surface area contributed by atoms with Gasteiger partial charge < -0.3 is 9.84 Å². The maximum Gasteiger partial charge on any atom is 0.345 e. The zero-order valence-corrected chi connectivity index (χ0v) is 10.7. The van der Waals surface area contributed by atoms with Gasteiger partial charge in [0.05, 0.1) is 6.61 Å². The highest BCUT2D eigenvalue weighted by molar-refractivity contribution is 7.13. The normalized spacial score (nSPS) is 20.9. The van der Waals surface area contributed by atoms with Crippen LogP contribution in [0.4, 0.5) is 0 Å². The summed E-state index contributed by atoms with van der Waals surface area (Å²) in [5.74, 6) is -0.209. The zero-order valence-electron chi connectivity index (χ0n) is 9.89. The number of aromatic carboxylic acids is 1. The third-order valence-corrected chi connectivity index (χ3v) is 4.08. The Morgan fingerprint density at radius 2 is 2.47 bits per heavy atom. The molecule has 1 aliphatic rings. The van der Waals surface area contributed by atoms with Crippen molar-refractivity contribution in [3.05, 3.63) is 21.9 Å². The summed E-state index contributed by atoms with van der Waals surface area (Å²) in [5.41, 5.74) is 0. The van der Waals surface area contributed by atoms with Gasteiger partial charge in [-0.25, -0.2) is 4.79 Å². The fraction of sp³-hybridized carbons (Fsp3) is 0.583. The van der Waals surface area contributed by atoms with Gasteiger partial charge in [-0.1, -0.05) is 0 Å². The maximum absolute atomic E-state index is 10.8. The standard InChI is InChI=1S/C12H17NO3S/c1-16-8-9-4-5-13(6-9)7-10-2-3-11(17-10)12(14)15/h2-3,9H,4-8H2,1H3,(H,14,15). The van der Waals surface area contributed by atoms with Crippen molar-refractivity contribution in [3.63, 3.8) is 0 Å². The van der Waals surface area contributed by atoms with Gasteiger partial charge >= 0.3 is 5.97 Å². The number of ether oxygens (including phenoxy) is 1. The molecule has 1 aromatic rings. The highest BCUT2D eigenvalue weighted by Gasteiger charge is 2.22. The number of carbonyl (C=O) groups is 1. The number of hydrogen-bond donors (Lipinski definition) is 1. The summed E-state index contributed by atoms with van der Waals surface area (Å²) < 4.78 is 5.16. The smallest absolute Gasteiger partial charge is 0.345 e. The summed E-state index contributed by atoms with van der Waals surface area (Å²) in [6, 6.07) is 3.60. The van der Waals surface area contributed by atoms with Crippen molar-refractivity contribution >= 4 is 17.3 Å². The molecule has 1 saturated heterocycles. The Kier molecular flexibility index (Phi) is 4.15. The van der Waals surface area contributed by atoms with Crippen LogP contribution in [0.2, 0.25) is 0 Å². The summed E-state index contributed by atoms with van der Waals surface area (Å²) in [5, 5.41) is 8.85. The molecule has 2 rings (SSSR count). The van der Waals surface area contributed by atoms with Crippen molar-refractivity contribution in [1.29, 1.82) is 0 Å².